The SMILES string of the molecule is Cc1ccc(Nc2c(C(N)=O)ccc3sncc23)c(F)c1. The summed E-state index contributed by atoms with van der Waals surface area (Å²) in [6, 6.07) is 8.26. The molecule has 1 heterocycles. The van der Waals surface area contributed by atoms with Gasteiger partial charge in [0.1, 0.15) is 5.82 Å². The Morgan fingerprint density at radius 1 is 1.33 bits per heavy atom. The molecule has 0 aliphatic carbocycles. The van der Waals surface area contributed by atoms with Crippen LogP contribution in [0.15, 0.2) is 36.5 Å². The van der Waals surface area contributed by atoms with E-state index in [9.17, 15) is 9.18 Å². The molecule has 0 atom stereocenters. The molecule has 0 aliphatic heterocycles. The number of nitrogens with zero attached hydrogens (tertiary/aromatic N) is 1. The van der Waals surface area contributed by atoms with Crippen molar-refractivity contribution < 1.29 is 9.18 Å². The molecule has 4 nitrogen and oxygen atoms in total. The minimum absolute atomic E-state index is 0.293. The first kappa shape index (κ1) is 13.5. The summed E-state index contributed by atoms with van der Waals surface area (Å²) < 4.78 is 19.0. The zero-order chi connectivity index (χ0) is 15.0. The zero-order valence-corrected chi connectivity index (χ0v) is 12.0. The zero-order valence-electron chi connectivity index (χ0n) is 11.2. The van der Waals surface area contributed by atoms with E-state index in [4.69, 9.17) is 5.73 Å². The van der Waals surface area contributed by atoms with Gasteiger partial charge in [-0.2, -0.15) is 4.37 Å². The molecule has 0 fully saturated rings. The van der Waals surface area contributed by atoms with Gasteiger partial charge < -0.3 is 11.1 Å². The van der Waals surface area contributed by atoms with Crippen molar-refractivity contribution in [1.82, 2.24) is 4.37 Å². The molecule has 3 rings (SSSR count). The predicted molar refractivity (Wildman–Crippen MR) is 82.6 cm³/mol. The minimum Gasteiger partial charge on any atom is -0.366 e. The van der Waals surface area contributed by atoms with Gasteiger partial charge >= 0.3 is 0 Å². The second kappa shape index (κ2) is 5.14. The smallest absolute Gasteiger partial charge is 0.250 e. The maximum Gasteiger partial charge on any atom is 0.250 e. The molecule has 0 saturated heterocycles. The number of hydrogen-bond acceptors (Lipinski definition) is 4. The first-order chi connectivity index (χ1) is 10.1. The van der Waals surface area contributed by atoms with Gasteiger partial charge in [-0.3, -0.25) is 4.79 Å². The highest BCUT2D eigenvalue weighted by atomic mass is 32.1. The highest BCUT2D eigenvalue weighted by Crippen LogP contribution is 2.32. The summed E-state index contributed by atoms with van der Waals surface area (Å²) in [6.07, 6.45) is 1.64. The van der Waals surface area contributed by atoms with Crippen molar-refractivity contribution in [3.8, 4) is 0 Å². The standard InChI is InChI=1S/C15H12FN3OS/c1-8-2-4-12(11(16)6-8)19-14-9(15(17)20)3-5-13-10(14)7-18-21-13/h2-7,19H,1H3,(H2,17,20). The van der Waals surface area contributed by atoms with Crippen molar-refractivity contribution in [2.45, 2.75) is 6.92 Å². The molecule has 2 aromatic carbocycles. The van der Waals surface area contributed by atoms with Gasteiger partial charge in [-0.1, -0.05) is 6.07 Å². The van der Waals surface area contributed by atoms with Crippen LogP contribution in [0.1, 0.15) is 15.9 Å². The number of hydrogen-bond donors (Lipinski definition) is 2. The molecule has 0 unspecified atom stereocenters. The Hall–Kier alpha value is -2.47. The van der Waals surface area contributed by atoms with E-state index >= 15 is 0 Å². The maximum absolute atomic E-state index is 14.0. The summed E-state index contributed by atoms with van der Waals surface area (Å²) in [5.74, 6) is -0.955. The topological polar surface area (TPSA) is 68.0 Å². The molecular formula is C15H12FN3OS. The molecule has 106 valence electrons. The fourth-order valence-corrected chi connectivity index (χ4v) is 2.79. The monoisotopic (exact) mass is 301 g/mol. The van der Waals surface area contributed by atoms with Crippen molar-refractivity contribution >= 4 is 38.9 Å². The number of aromatic nitrogens is 1. The van der Waals surface area contributed by atoms with Crippen LogP contribution in [0.3, 0.4) is 0 Å². The number of fused-ring (bicyclic) bond motifs is 1. The molecule has 3 aromatic rings. The van der Waals surface area contributed by atoms with Crippen LogP contribution < -0.4 is 11.1 Å². The van der Waals surface area contributed by atoms with Gasteiger partial charge in [0, 0.05) is 5.39 Å². The lowest BCUT2D eigenvalue weighted by molar-refractivity contribution is 0.100. The third-order valence-electron chi connectivity index (χ3n) is 3.19. The van der Waals surface area contributed by atoms with Gasteiger partial charge in [-0.25, -0.2) is 4.39 Å². The van der Waals surface area contributed by atoms with E-state index in [0.717, 1.165) is 15.6 Å². The van der Waals surface area contributed by atoms with Crippen LogP contribution in [0.25, 0.3) is 10.1 Å². The second-order valence-electron chi connectivity index (χ2n) is 4.70. The van der Waals surface area contributed by atoms with Crippen molar-refractivity contribution in [2.75, 3.05) is 5.32 Å². The molecule has 0 aliphatic rings. The summed E-state index contributed by atoms with van der Waals surface area (Å²) in [5.41, 5.74) is 7.31. The van der Waals surface area contributed by atoms with E-state index in [2.05, 4.69) is 9.69 Å². The third-order valence-corrected chi connectivity index (χ3v) is 3.95. The maximum atomic E-state index is 14.0. The van der Waals surface area contributed by atoms with Gasteiger partial charge in [0.05, 0.1) is 27.8 Å². The van der Waals surface area contributed by atoms with Crippen molar-refractivity contribution in [1.29, 1.82) is 0 Å². The van der Waals surface area contributed by atoms with Crippen LogP contribution in [-0.2, 0) is 0 Å². The van der Waals surface area contributed by atoms with E-state index in [1.54, 1.807) is 30.5 Å². The molecule has 3 N–H and O–H groups in total. The van der Waals surface area contributed by atoms with E-state index in [0.29, 0.717) is 16.9 Å². The number of benzene rings is 2. The number of carbonyl (C=O) groups is 1. The highest BCUT2D eigenvalue weighted by molar-refractivity contribution is 7.13. The molecule has 0 spiro atoms. The van der Waals surface area contributed by atoms with Gasteiger partial charge in [-0.15, -0.1) is 0 Å². The lowest BCUT2D eigenvalue weighted by Gasteiger charge is -2.12. The fraction of sp³-hybridized carbons (Fsp3) is 0.0667. The summed E-state index contributed by atoms with van der Waals surface area (Å²) in [7, 11) is 0. The number of aryl methyl sites for hydroxylation is 1. The third kappa shape index (κ3) is 2.45. The number of halogens is 1. The number of anilines is 2. The first-order valence-electron chi connectivity index (χ1n) is 6.26. The van der Waals surface area contributed by atoms with Crippen LogP contribution in [-0.4, -0.2) is 10.3 Å². The normalized spacial score (nSPS) is 10.8. The van der Waals surface area contributed by atoms with Crippen LogP contribution in [0.5, 0.6) is 0 Å². The number of rotatable bonds is 3. The van der Waals surface area contributed by atoms with Crippen molar-refractivity contribution in [2.24, 2.45) is 5.73 Å². The molecule has 0 radical (unpaired) electrons. The van der Waals surface area contributed by atoms with Crippen LogP contribution in [0, 0.1) is 12.7 Å². The van der Waals surface area contributed by atoms with Crippen LogP contribution >= 0.6 is 11.5 Å². The van der Waals surface area contributed by atoms with Gasteiger partial charge in [-0.05, 0) is 48.3 Å². The molecule has 1 amide bonds. The summed E-state index contributed by atoms with van der Waals surface area (Å²) in [6.45, 7) is 1.81. The Labute approximate surface area is 124 Å². The summed E-state index contributed by atoms with van der Waals surface area (Å²) in [4.78, 5) is 11.6. The lowest BCUT2D eigenvalue weighted by atomic mass is 10.1. The highest BCUT2D eigenvalue weighted by Gasteiger charge is 2.15. The number of nitrogens with one attached hydrogen (secondary N) is 1. The number of primary amides is 1. The molecule has 1 aromatic heterocycles. The van der Waals surface area contributed by atoms with Crippen molar-refractivity contribution in [3.05, 3.63) is 53.5 Å². The minimum atomic E-state index is -0.571. The largest absolute Gasteiger partial charge is 0.366 e. The van der Waals surface area contributed by atoms with E-state index in [1.807, 2.05) is 6.92 Å². The molecule has 6 heteroatoms. The Kier molecular flexibility index (Phi) is 3.31. The molecule has 0 bridgehead atoms. The fourth-order valence-electron chi connectivity index (χ4n) is 2.14. The second-order valence-corrected chi connectivity index (χ2v) is 5.53. The van der Waals surface area contributed by atoms with E-state index in [-0.39, 0.29) is 5.82 Å². The van der Waals surface area contributed by atoms with Crippen LogP contribution in [0.2, 0.25) is 0 Å². The van der Waals surface area contributed by atoms with Crippen LogP contribution in [0.4, 0.5) is 15.8 Å². The Bertz CT molecular complexity index is 844. The predicted octanol–water partition coefficient (Wildman–Crippen LogP) is 3.59. The van der Waals surface area contributed by atoms with Gasteiger partial charge in [0.15, 0.2) is 0 Å². The lowest BCUT2D eigenvalue weighted by Crippen LogP contribution is -2.13. The number of nitrogens with two attached hydrogens (primary N) is 1. The average molecular weight is 301 g/mol. The Balaban J connectivity index is 2.16. The molecule has 21 heavy (non-hydrogen) atoms. The Morgan fingerprint density at radius 3 is 2.86 bits per heavy atom. The first-order valence-corrected chi connectivity index (χ1v) is 7.04. The van der Waals surface area contributed by atoms with Crippen molar-refractivity contribution in [3.63, 3.8) is 0 Å². The van der Waals surface area contributed by atoms with E-state index in [1.165, 1.54) is 17.6 Å². The number of amides is 1. The quantitative estimate of drug-likeness (QED) is 0.777. The number of carbonyl (C=O) groups excluding carboxylic acids is 1. The molecule has 0 saturated carbocycles. The summed E-state index contributed by atoms with van der Waals surface area (Å²) in [5, 5.41) is 3.72. The van der Waals surface area contributed by atoms with Gasteiger partial charge in [0.2, 0.25) is 0 Å². The molecular weight excluding hydrogens is 289 g/mol. The van der Waals surface area contributed by atoms with E-state index < -0.39 is 5.91 Å². The average Bonchev–Trinajstić information content (AvgIpc) is 2.90. The van der Waals surface area contributed by atoms with Gasteiger partial charge in [0.25, 0.3) is 5.91 Å². The Morgan fingerprint density at radius 2 is 2.14 bits per heavy atom. The summed E-state index contributed by atoms with van der Waals surface area (Å²) >= 11 is 1.30.